The Kier molecular flexibility index (Phi) is 6.65. The van der Waals surface area contributed by atoms with Crippen molar-refractivity contribution in [3.05, 3.63) is 23.9 Å². The molecule has 8 heteroatoms. The standard InChI is InChI=1S/C16H25N5O3/c1-3-24-16(22)21-8-5-13(6-9-21)20-15(17)19-11-12-4-7-18-14(10-12)23-2/h4,7,10,13H,3,5-6,8-9,11H2,1-2H3,(H3,17,19,20). The number of nitrogens with one attached hydrogen (secondary N) is 1. The average Bonchev–Trinajstić information content (AvgIpc) is 2.61. The van der Waals surface area contributed by atoms with E-state index in [-0.39, 0.29) is 12.1 Å². The van der Waals surface area contributed by atoms with Crippen molar-refractivity contribution in [2.24, 2.45) is 10.7 Å². The van der Waals surface area contributed by atoms with Crippen LogP contribution in [0, 0.1) is 0 Å². The van der Waals surface area contributed by atoms with Crippen molar-refractivity contribution in [1.29, 1.82) is 0 Å². The monoisotopic (exact) mass is 335 g/mol. The summed E-state index contributed by atoms with van der Waals surface area (Å²) in [7, 11) is 1.58. The van der Waals surface area contributed by atoms with Crippen LogP contribution in [0.25, 0.3) is 0 Å². The number of carbonyl (C=O) groups is 1. The minimum Gasteiger partial charge on any atom is -0.481 e. The number of methoxy groups -OCH3 is 1. The molecule has 1 amide bonds. The fourth-order valence-electron chi connectivity index (χ4n) is 2.51. The Morgan fingerprint density at radius 2 is 2.25 bits per heavy atom. The molecule has 24 heavy (non-hydrogen) atoms. The number of guanidine groups is 1. The number of rotatable bonds is 5. The van der Waals surface area contributed by atoms with Crippen molar-refractivity contribution in [2.45, 2.75) is 32.4 Å². The highest BCUT2D eigenvalue weighted by Crippen LogP contribution is 2.12. The van der Waals surface area contributed by atoms with Gasteiger partial charge in [0.05, 0.1) is 20.3 Å². The molecule has 0 unspecified atom stereocenters. The topological polar surface area (TPSA) is 102 Å². The minimum absolute atomic E-state index is 0.214. The maximum absolute atomic E-state index is 11.7. The Hall–Kier alpha value is -2.51. The van der Waals surface area contributed by atoms with E-state index in [4.69, 9.17) is 15.2 Å². The summed E-state index contributed by atoms with van der Waals surface area (Å²) < 4.78 is 10.1. The lowest BCUT2D eigenvalue weighted by molar-refractivity contribution is 0.0963. The predicted octanol–water partition coefficient (Wildman–Crippen LogP) is 1.12. The molecule has 3 N–H and O–H groups in total. The number of hydrogen-bond acceptors (Lipinski definition) is 5. The maximum Gasteiger partial charge on any atom is 0.409 e. The zero-order chi connectivity index (χ0) is 17.4. The maximum atomic E-state index is 11.7. The fourth-order valence-corrected chi connectivity index (χ4v) is 2.51. The van der Waals surface area contributed by atoms with E-state index in [0.717, 1.165) is 18.4 Å². The van der Waals surface area contributed by atoms with E-state index in [2.05, 4.69) is 15.3 Å². The van der Waals surface area contributed by atoms with Gasteiger partial charge in [0.2, 0.25) is 5.88 Å². The summed E-state index contributed by atoms with van der Waals surface area (Å²) in [5.74, 6) is 0.959. The molecule has 2 heterocycles. The molecule has 1 saturated heterocycles. The number of aromatic nitrogens is 1. The first-order valence-electron chi connectivity index (χ1n) is 8.09. The third-order valence-corrected chi connectivity index (χ3v) is 3.81. The summed E-state index contributed by atoms with van der Waals surface area (Å²) in [5.41, 5.74) is 6.93. The Morgan fingerprint density at radius 3 is 2.92 bits per heavy atom. The number of nitrogens with zero attached hydrogens (tertiary/aromatic N) is 3. The second-order valence-corrected chi connectivity index (χ2v) is 5.51. The molecule has 8 nitrogen and oxygen atoms in total. The molecule has 132 valence electrons. The van der Waals surface area contributed by atoms with Crippen LogP contribution in [-0.4, -0.2) is 54.8 Å². The van der Waals surface area contributed by atoms with Crippen molar-refractivity contribution in [3.8, 4) is 5.88 Å². The lowest BCUT2D eigenvalue weighted by Crippen LogP contribution is -2.48. The minimum atomic E-state index is -0.246. The molecule has 0 atom stereocenters. The Bertz CT molecular complexity index is 571. The van der Waals surface area contributed by atoms with Gasteiger partial charge < -0.3 is 25.4 Å². The lowest BCUT2D eigenvalue weighted by Gasteiger charge is -2.31. The molecule has 1 aromatic heterocycles. The quantitative estimate of drug-likeness (QED) is 0.617. The molecular weight excluding hydrogens is 310 g/mol. The number of carbonyl (C=O) groups excluding carboxylic acids is 1. The third-order valence-electron chi connectivity index (χ3n) is 3.81. The molecule has 1 fully saturated rings. The second-order valence-electron chi connectivity index (χ2n) is 5.51. The van der Waals surface area contributed by atoms with Gasteiger partial charge in [-0.1, -0.05) is 0 Å². The summed E-state index contributed by atoms with van der Waals surface area (Å²) in [6.07, 6.45) is 3.07. The van der Waals surface area contributed by atoms with E-state index in [1.807, 2.05) is 19.1 Å². The first-order chi connectivity index (χ1) is 11.6. The number of pyridine rings is 1. The normalized spacial score (nSPS) is 15.9. The third kappa shape index (κ3) is 5.29. The van der Waals surface area contributed by atoms with Crippen LogP contribution < -0.4 is 15.8 Å². The number of hydrogen-bond donors (Lipinski definition) is 2. The van der Waals surface area contributed by atoms with Crippen molar-refractivity contribution in [3.63, 3.8) is 0 Å². The number of amides is 1. The van der Waals surface area contributed by atoms with E-state index in [9.17, 15) is 4.79 Å². The lowest BCUT2D eigenvalue weighted by atomic mass is 10.1. The van der Waals surface area contributed by atoms with Crippen LogP contribution >= 0.6 is 0 Å². The van der Waals surface area contributed by atoms with Gasteiger partial charge in [-0.15, -0.1) is 0 Å². The van der Waals surface area contributed by atoms with E-state index < -0.39 is 0 Å². The zero-order valence-corrected chi connectivity index (χ0v) is 14.2. The van der Waals surface area contributed by atoms with E-state index in [0.29, 0.717) is 38.1 Å². The highest BCUT2D eigenvalue weighted by Gasteiger charge is 2.23. The molecule has 0 bridgehead atoms. The highest BCUT2D eigenvalue weighted by molar-refractivity contribution is 5.78. The molecule has 0 aromatic carbocycles. The van der Waals surface area contributed by atoms with E-state index in [1.54, 1.807) is 18.2 Å². The van der Waals surface area contributed by atoms with Crippen LogP contribution in [0.2, 0.25) is 0 Å². The molecular formula is C16H25N5O3. The molecule has 0 radical (unpaired) electrons. The number of aliphatic imine (C=N–C) groups is 1. The Morgan fingerprint density at radius 1 is 1.50 bits per heavy atom. The fraction of sp³-hybridized carbons (Fsp3) is 0.562. The van der Waals surface area contributed by atoms with Gasteiger partial charge in [0.25, 0.3) is 0 Å². The van der Waals surface area contributed by atoms with Crippen LogP contribution in [-0.2, 0) is 11.3 Å². The van der Waals surface area contributed by atoms with Gasteiger partial charge in [0.15, 0.2) is 5.96 Å². The van der Waals surface area contributed by atoms with Gasteiger partial charge in [-0.2, -0.15) is 0 Å². The molecule has 0 saturated carbocycles. The van der Waals surface area contributed by atoms with Crippen LogP contribution in [0.1, 0.15) is 25.3 Å². The number of ether oxygens (including phenoxy) is 2. The highest BCUT2D eigenvalue weighted by atomic mass is 16.6. The van der Waals surface area contributed by atoms with Crippen LogP contribution in [0.3, 0.4) is 0 Å². The van der Waals surface area contributed by atoms with Crippen molar-refractivity contribution in [1.82, 2.24) is 15.2 Å². The zero-order valence-electron chi connectivity index (χ0n) is 14.2. The van der Waals surface area contributed by atoms with Gasteiger partial charge in [-0.3, -0.25) is 0 Å². The number of likely N-dealkylation sites (tertiary alicyclic amines) is 1. The number of piperidine rings is 1. The van der Waals surface area contributed by atoms with Gasteiger partial charge >= 0.3 is 6.09 Å². The van der Waals surface area contributed by atoms with E-state index in [1.165, 1.54) is 0 Å². The van der Waals surface area contributed by atoms with Gasteiger partial charge in [-0.25, -0.2) is 14.8 Å². The largest absolute Gasteiger partial charge is 0.481 e. The van der Waals surface area contributed by atoms with Crippen LogP contribution in [0.5, 0.6) is 5.88 Å². The predicted molar refractivity (Wildman–Crippen MR) is 90.9 cm³/mol. The molecule has 1 aliphatic rings. The van der Waals surface area contributed by atoms with Crippen molar-refractivity contribution < 1.29 is 14.3 Å². The number of nitrogens with two attached hydrogens (primary N) is 1. The Labute approximate surface area is 142 Å². The van der Waals surface area contributed by atoms with Gasteiger partial charge in [0, 0.05) is 31.4 Å². The molecule has 0 aliphatic carbocycles. The van der Waals surface area contributed by atoms with Crippen LogP contribution in [0.15, 0.2) is 23.3 Å². The van der Waals surface area contributed by atoms with Gasteiger partial charge in [0.1, 0.15) is 0 Å². The summed E-state index contributed by atoms with van der Waals surface area (Å²) in [5, 5.41) is 3.21. The van der Waals surface area contributed by atoms with Gasteiger partial charge in [-0.05, 0) is 31.4 Å². The molecule has 0 spiro atoms. The second kappa shape index (κ2) is 8.95. The summed E-state index contributed by atoms with van der Waals surface area (Å²) >= 11 is 0. The average molecular weight is 335 g/mol. The van der Waals surface area contributed by atoms with E-state index >= 15 is 0 Å². The summed E-state index contributed by atoms with van der Waals surface area (Å²) in [6.45, 7) is 3.98. The molecule has 1 aromatic rings. The van der Waals surface area contributed by atoms with Crippen molar-refractivity contribution in [2.75, 3.05) is 26.8 Å². The first-order valence-corrected chi connectivity index (χ1v) is 8.09. The SMILES string of the molecule is CCOC(=O)N1CCC(NC(N)=NCc2ccnc(OC)c2)CC1. The molecule has 1 aliphatic heterocycles. The van der Waals surface area contributed by atoms with Crippen LogP contribution in [0.4, 0.5) is 4.79 Å². The Balaban J connectivity index is 1.78. The smallest absolute Gasteiger partial charge is 0.409 e. The van der Waals surface area contributed by atoms with Crippen molar-refractivity contribution >= 4 is 12.1 Å². The molecule has 2 rings (SSSR count). The first kappa shape index (κ1) is 17.8. The summed E-state index contributed by atoms with van der Waals surface area (Å²) in [6, 6.07) is 3.91. The summed E-state index contributed by atoms with van der Waals surface area (Å²) in [4.78, 5) is 21.8.